The first-order chi connectivity index (χ1) is 6.33. The molecule has 2 aromatic rings. The molecule has 0 amide bonds. The maximum absolute atomic E-state index is 11.6. The number of fused-ring (bicyclic) bond motifs is 1. The molecule has 0 spiro atoms. The molecule has 2 N–H and O–H groups in total. The number of aromatic nitrogens is 2. The van der Waals surface area contributed by atoms with Gasteiger partial charge in [-0.3, -0.25) is 9.20 Å². The van der Waals surface area contributed by atoms with Crippen molar-refractivity contribution in [2.45, 2.75) is 6.54 Å². The molecule has 0 unspecified atom stereocenters. The Balaban J connectivity index is 2.87. The van der Waals surface area contributed by atoms with Gasteiger partial charge in [0.25, 0.3) is 5.56 Å². The lowest BCUT2D eigenvalue weighted by atomic mass is 10.3. The molecule has 4 heteroatoms. The summed E-state index contributed by atoms with van der Waals surface area (Å²) in [5, 5.41) is 0. The Bertz CT molecular complexity index is 489. The highest BCUT2D eigenvalue weighted by molar-refractivity contribution is 5.37. The van der Waals surface area contributed by atoms with E-state index in [-0.39, 0.29) is 12.1 Å². The van der Waals surface area contributed by atoms with Gasteiger partial charge in [0.05, 0.1) is 0 Å². The van der Waals surface area contributed by atoms with E-state index in [9.17, 15) is 4.79 Å². The minimum absolute atomic E-state index is 0.0897. The zero-order chi connectivity index (χ0) is 9.26. The minimum Gasteiger partial charge on any atom is -0.326 e. The fourth-order valence-electron chi connectivity index (χ4n) is 1.21. The zero-order valence-corrected chi connectivity index (χ0v) is 6.97. The SMILES string of the molecule is NCc1cnc2ccccn2c1=O. The first kappa shape index (κ1) is 7.94. The van der Waals surface area contributed by atoms with Crippen LogP contribution in [0.1, 0.15) is 5.56 Å². The van der Waals surface area contributed by atoms with Crippen molar-refractivity contribution >= 4 is 5.65 Å². The van der Waals surface area contributed by atoms with Crippen LogP contribution in [0.4, 0.5) is 0 Å². The van der Waals surface area contributed by atoms with Crippen LogP contribution in [0.25, 0.3) is 5.65 Å². The molecular formula is C9H9N3O. The summed E-state index contributed by atoms with van der Waals surface area (Å²) < 4.78 is 1.49. The predicted octanol–water partition coefficient (Wildman–Crippen LogP) is 0.153. The van der Waals surface area contributed by atoms with Crippen molar-refractivity contribution in [3.8, 4) is 0 Å². The van der Waals surface area contributed by atoms with Crippen molar-refractivity contribution in [3.63, 3.8) is 0 Å². The molecule has 0 fully saturated rings. The fourth-order valence-corrected chi connectivity index (χ4v) is 1.21. The minimum atomic E-state index is -0.0897. The summed E-state index contributed by atoms with van der Waals surface area (Å²) in [6.07, 6.45) is 3.21. The van der Waals surface area contributed by atoms with E-state index in [2.05, 4.69) is 4.98 Å². The molecule has 0 saturated heterocycles. The summed E-state index contributed by atoms with van der Waals surface area (Å²) in [4.78, 5) is 15.7. The maximum atomic E-state index is 11.6. The van der Waals surface area contributed by atoms with E-state index in [1.165, 1.54) is 10.6 Å². The summed E-state index contributed by atoms with van der Waals surface area (Å²) in [5.41, 5.74) is 6.47. The second-order valence-electron chi connectivity index (χ2n) is 2.72. The van der Waals surface area contributed by atoms with E-state index in [1.807, 2.05) is 6.07 Å². The van der Waals surface area contributed by atoms with Crippen LogP contribution in [-0.4, -0.2) is 9.38 Å². The molecule has 66 valence electrons. The Morgan fingerprint density at radius 1 is 1.46 bits per heavy atom. The normalized spacial score (nSPS) is 10.5. The number of nitrogens with zero attached hydrogens (tertiary/aromatic N) is 2. The van der Waals surface area contributed by atoms with Gasteiger partial charge in [-0.05, 0) is 12.1 Å². The van der Waals surface area contributed by atoms with E-state index in [0.29, 0.717) is 11.2 Å². The molecule has 2 aromatic heterocycles. The Morgan fingerprint density at radius 3 is 3.08 bits per heavy atom. The van der Waals surface area contributed by atoms with Gasteiger partial charge < -0.3 is 5.73 Å². The largest absolute Gasteiger partial charge is 0.326 e. The predicted molar refractivity (Wildman–Crippen MR) is 49.4 cm³/mol. The fraction of sp³-hybridized carbons (Fsp3) is 0.111. The van der Waals surface area contributed by atoms with Gasteiger partial charge in [-0.2, -0.15) is 0 Å². The Hall–Kier alpha value is -1.68. The van der Waals surface area contributed by atoms with Gasteiger partial charge in [-0.1, -0.05) is 6.07 Å². The highest BCUT2D eigenvalue weighted by atomic mass is 16.1. The van der Waals surface area contributed by atoms with Gasteiger partial charge >= 0.3 is 0 Å². The number of rotatable bonds is 1. The molecule has 4 nitrogen and oxygen atoms in total. The molecule has 0 aromatic carbocycles. The lowest BCUT2D eigenvalue weighted by molar-refractivity contribution is 0.946. The van der Waals surface area contributed by atoms with Crippen LogP contribution in [0.3, 0.4) is 0 Å². The van der Waals surface area contributed by atoms with Crippen LogP contribution in [0, 0.1) is 0 Å². The van der Waals surface area contributed by atoms with Crippen LogP contribution in [0.5, 0.6) is 0 Å². The van der Waals surface area contributed by atoms with Crippen molar-refractivity contribution in [1.82, 2.24) is 9.38 Å². The summed E-state index contributed by atoms with van der Waals surface area (Å²) in [6.45, 7) is 0.226. The monoisotopic (exact) mass is 175 g/mol. The topological polar surface area (TPSA) is 60.4 Å². The number of pyridine rings is 1. The average molecular weight is 175 g/mol. The third-order valence-corrected chi connectivity index (χ3v) is 1.90. The summed E-state index contributed by atoms with van der Waals surface area (Å²) >= 11 is 0. The summed E-state index contributed by atoms with van der Waals surface area (Å²) in [6, 6.07) is 5.40. The molecule has 0 saturated carbocycles. The van der Waals surface area contributed by atoms with Crippen LogP contribution in [-0.2, 0) is 6.54 Å². The van der Waals surface area contributed by atoms with E-state index in [4.69, 9.17) is 5.73 Å². The van der Waals surface area contributed by atoms with E-state index in [1.54, 1.807) is 18.3 Å². The standard InChI is InChI=1S/C9H9N3O/c10-5-7-6-11-8-3-1-2-4-12(8)9(7)13/h1-4,6H,5,10H2. The Morgan fingerprint density at radius 2 is 2.31 bits per heavy atom. The van der Waals surface area contributed by atoms with Gasteiger partial charge in [-0.15, -0.1) is 0 Å². The molecule has 2 rings (SSSR count). The third kappa shape index (κ3) is 1.21. The lowest BCUT2D eigenvalue weighted by Crippen LogP contribution is -2.21. The molecule has 2 heterocycles. The molecular weight excluding hydrogens is 166 g/mol. The molecule has 0 aliphatic heterocycles. The van der Waals surface area contributed by atoms with Crippen molar-refractivity contribution < 1.29 is 0 Å². The van der Waals surface area contributed by atoms with Gasteiger partial charge in [0.15, 0.2) is 0 Å². The quantitative estimate of drug-likeness (QED) is 0.671. The van der Waals surface area contributed by atoms with Crippen LogP contribution < -0.4 is 11.3 Å². The zero-order valence-electron chi connectivity index (χ0n) is 6.97. The third-order valence-electron chi connectivity index (χ3n) is 1.90. The van der Waals surface area contributed by atoms with Crippen molar-refractivity contribution in [2.75, 3.05) is 0 Å². The average Bonchev–Trinajstić information content (AvgIpc) is 2.19. The lowest BCUT2D eigenvalue weighted by Gasteiger charge is -2.00. The smallest absolute Gasteiger partial charge is 0.262 e. The summed E-state index contributed by atoms with van der Waals surface area (Å²) in [7, 11) is 0. The van der Waals surface area contributed by atoms with Gasteiger partial charge in [0, 0.05) is 24.5 Å². The number of nitrogens with two attached hydrogens (primary N) is 1. The van der Waals surface area contributed by atoms with Gasteiger partial charge in [-0.25, -0.2) is 4.98 Å². The Kier molecular flexibility index (Phi) is 1.83. The first-order valence-electron chi connectivity index (χ1n) is 3.98. The second kappa shape index (κ2) is 2.99. The van der Waals surface area contributed by atoms with Crippen molar-refractivity contribution in [3.05, 3.63) is 46.5 Å². The van der Waals surface area contributed by atoms with Crippen LogP contribution in [0.2, 0.25) is 0 Å². The van der Waals surface area contributed by atoms with E-state index < -0.39 is 0 Å². The van der Waals surface area contributed by atoms with Gasteiger partial charge in [0.2, 0.25) is 0 Å². The molecule has 0 aliphatic rings. The number of hydrogen-bond acceptors (Lipinski definition) is 3. The molecule has 0 radical (unpaired) electrons. The van der Waals surface area contributed by atoms with E-state index in [0.717, 1.165) is 0 Å². The molecule has 0 aliphatic carbocycles. The highest BCUT2D eigenvalue weighted by Gasteiger charge is 2.00. The van der Waals surface area contributed by atoms with Crippen LogP contribution in [0.15, 0.2) is 35.4 Å². The Labute approximate surface area is 74.6 Å². The van der Waals surface area contributed by atoms with E-state index >= 15 is 0 Å². The van der Waals surface area contributed by atoms with Gasteiger partial charge in [0.1, 0.15) is 5.65 Å². The summed E-state index contributed by atoms with van der Waals surface area (Å²) in [5.74, 6) is 0. The first-order valence-corrected chi connectivity index (χ1v) is 3.98. The second-order valence-corrected chi connectivity index (χ2v) is 2.72. The van der Waals surface area contributed by atoms with Crippen molar-refractivity contribution in [1.29, 1.82) is 0 Å². The molecule has 13 heavy (non-hydrogen) atoms. The van der Waals surface area contributed by atoms with Crippen molar-refractivity contribution in [2.24, 2.45) is 5.73 Å². The van der Waals surface area contributed by atoms with Crippen LogP contribution >= 0.6 is 0 Å². The highest BCUT2D eigenvalue weighted by Crippen LogP contribution is 1.96. The molecule has 0 bridgehead atoms. The maximum Gasteiger partial charge on any atom is 0.262 e. The molecule has 0 atom stereocenters. The number of hydrogen-bond donors (Lipinski definition) is 1.